The third-order valence-corrected chi connectivity index (χ3v) is 3.35. The lowest BCUT2D eigenvalue weighted by molar-refractivity contribution is 0.303. The molecule has 1 aliphatic carbocycles. The molecule has 2 N–H and O–H groups in total. The van der Waals surface area contributed by atoms with Gasteiger partial charge in [0.05, 0.1) is 12.1 Å². The Balaban J connectivity index is 1.77. The van der Waals surface area contributed by atoms with Crippen LogP contribution in [0.3, 0.4) is 0 Å². The van der Waals surface area contributed by atoms with Crippen molar-refractivity contribution in [2.45, 2.75) is 31.9 Å². The molecular weight excluding hydrogens is 236 g/mol. The predicted molar refractivity (Wildman–Crippen MR) is 75.1 cm³/mol. The molecule has 1 aromatic heterocycles. The monoisotopic (exact) mass is 254 g/mol. The molecule has 1 saturated carbocycles. The zero-order chi connectivity index (χ0) is 13.2. The fourth-order valence-electron chi connectivity index (χ4n) is 2.09. The van der Waals surface area contributed by atoms with E-state index in [4.69, 9.17) is 10.5 Å². The minimum atomic E-state index is -0.114. The molecule has 1 aromatic carbocycles. The Kier molecular flexibility index (Phi) is 3.22. The van der Waals surface area contributed by atoms with Crippen LogP contribution in [0.2, 0.25) is 0 Å². The summed E-state index contributed by atoms with van der Waals surface area (Å²) in [4.78, 5) is 4.19. The highest BCUT2D eigenvalue weighted by molar-refractivity contribution is 5.35. The molecule has 1 fully saturated rings. The maximum Gasteiger partial charge on any atom is 0.119 e. The molecular formula is C16H18N2O. The summed E-state index contributed by atoms with van der Waals surface area (Å²) in [5.41, 5.74) is 9.45. The standard InChI is InChI=1S/C16H18N2O/c1-11-10-13(8-9-18-11)16(17)12-2-4-14(5-3-12)19-15-6-7-15/h2-5,8-10,15-16H,6-7,17H2,1H3. The van der Waals surface area contributed by atoms with Crippen LogP contribution in [-0.2, 0) is 0 Å². The highest BCUT2D eigenvalue weighted by Crippen LogP contribution is 2.28. The summed E-state index contributed by atoms with van der Waals surface area (Å²) in [6, 6.07) is 12.0. The van der Waals surface area contributed by atoms with Crippen molar-refractivity contribution >= 4 is 0 Å². The highest BCUT2D eigenvalue weighted by atomic mass is 16.5. The van der Waals surface area contributed by atoms with Crippen molar-refractivity contribution < 1.29 is 4.74 Å². The average Bonchev–Trinajstić information content (AvgIpc) is 3.23. The van der Waals surface area contributed by atoms with E-state index in [1.807, 2.05) is 43.3 Å². The van der Waals surface area contributed by atoms with Crippen LogP contribution in [0, 0.1) is 6.92 Å². The van der Waals surface area contributed by atoms with Crippen molar-refractivity contribution in [1.82, 2.24) is 4.98 Å². The Hall–Kier alpha value is -1.87. The third-order valence-electron chi connectivity index (χ3n) is 3.35. The lowest BCUT2D eigenvalue weighted by atomic mass is 10.00. The van der Waals surface area contributed by atoms with Crippen molar-refractivity contribution in [3.05, 3.63) is 59.4 Å². The van der Waals surface area contributed by atoms with Crippen LogP contribution in [0.4, 0.5) is 0 Å². The van der Waals surface area contributed by atoms with Gasteiger partial charge in [-0.3, -0.25) is 4.98 Å². The molecule has 3 heteroatoms. The number of nitrogens with zero attached hydrogens (tertiary/aromatic N) is 1. The maximum absolute atomic E-state index is 6.28. The Morgan fingerprint density at radius 1 is 1.16 bits per heavy atom. The van der Waals surface area contributed by atoms with E-state index in [0.717, 1.165) is 22.6 Å². The van der Waals surface area contributed by atoms with Gasteiger partial charge in [0.25, 0.3) is 0 Å². The highest BCUT2D eigenvalue weighted by Gasteiger charge is 2.23. The molecule has 98 valence electrons. The van der Waals surface area contributed by atoms with E-state index in [1.54, 1.807) is 6.20 Å². The smallest absolute Gasteiger partial charge is 0.119 e. The second-order valence-corrected chi connectivity index (χ2v) is 5.09. The Morgan fingerprint density at radius 3 is 2.53 bits per heavy atom. The third kappa shape index (κ3) is 2.93. The van der Waals surface area contributed by atoms with E-state index in [0.29, 0.717) is 6.10 Å². The lowest BCUT2D eigenvalue weighted by Gasteiger charge is -2.13. The Labute approximate surface area is 113 Å². The molecule has 3 rings (SSSR count). The molecule has 3 nitrogen and oxygen atoms in total. The van der Waals surface area contributed by atoms with Crippen molar-refractivity contribution in [3.63, 3.8) is 0 Å². The minimum absolute atomic E-state index is 0.114. The molecule has 0 aliphatic heterocycles. The SMILES string of the molecule is Cc1cc(C(N)c2ccc(OC3CC3)cc2)ccn1. The molecule has 0 spiro atoms. The van der Waals surface area contributed by atoms with Crippen LogP contribution in [0.15, 0.2) is 42.6 Å². The van der Waals surface area contributed by atoms with Crippen molar-refractivity contribution in [2.75, 3.05) is 0 Å². The zero-order valence-corrected chi connectivity index (χ0v) is 11.0. The van der Waals surface area contributed by atoms with Crippen LogP contribution in [-0.4, -0.2) is 11.1 Å². The number of aromatic nitrogens is 1. The number of benzene rings is 1. The number of aryl methyl sites for hydroxylation is 1. The van der Waals surface area contributed by atoms with Gasteiger partial charge in [0.15, 0.2) is 0 Å². The minimum Gasteiger partial charge on any atom is -0.490 e. The largest absolute Gasteiger partial charge is 0.490 e. The van der Waals surface area contributed by atoms with Crippen molar-refractivity contribution in [2.24, 2.45) is 5.73 Å². The van der Waals surface area contributed by atoms with E-state index in [2.05, 4.69) is 4.98 Å². The lowest BCUT2D eigenvalue weighted by Crippen LogP contribution is -2.12. The molecule has 0 amide bonds. The van der Waals surface area contributed by atoms with Gasteiger partial charge in [0.2, 0.25) is 0 Å². The molecule has 1 aliphatic rings. The van der Waals surface area contributed by atoms with Gasteiger partial charge in [0.1, 0.15) is 5.75 Å². The molecule has 1 atom stereocenters. The number of nitrogens with two attached hydrogens (primary N) is 1. The maximum atomic E-state index is 6.28. The molecule has 0 radical (unpaired) electrons. The van der Waals surface area contributed by atoms with Crippen LogP contribution in [0.5, 0.6) is 5.75 Å². The van der Waals surface area contributed by atoms with Gasteiger partial charge < -0.3 is 10.5 Å². The number of ether oxygens (including phenoxy) is 1. The first-order chi connectivity index (χ1) is 9.22. The summed E-state index contributed by atoms with van der Waals surface area (Å²) in [5.74, 6) is 0.935. The fraction of sp³-hybridized carbons (Fsp3) is 0.312. The normalized spacial score (nSPS) is 16.1. The van der Waals surface area contributed by atoms with E-state index >= 15 is 0 Å². The van der Waals surface area contributed by atoms with E-state index in [1.165, 1.54) is 12.8 Å². The second kappa shape index (κ2) is 5.02. The van der Waals surface area contributed by atoms with Gasteiger partial charge in [-0.2, -0.15) is 0 Å². The fourth-order valence-corrected chi connectivity index (χ4v) is 2.09. The van der Waals surface area contributed by atoms with Gasteiger partial charge in [-0.1, -0.05) is 12.1 Å². The summed E-state index contributed by atoms with van der Waals surface area (Å²) in [5, 5.41) is 0. The first kappa shape index (κ1) is 12.2. The number of rotatable bonds is 4. The van der Waals surface area contributed by atoms with Crippen LogP contribution in [0.25, 0.3) is 0 Å². The summed E-state index contributed by atoms with van der Waals surface area (Å²) >= 11 is 0. The number of hydrogen-bond acceptors (Lipinski definition) is 3. The Bertz CT molecular complexity index is 561. The number of hydrogen-bond donors (Lipinski definition) is 1. The summed E-state index contributed by atoms with van der Waals surface area (Å²) in [6.45, 7) is 1.97. The zero-order valence-electron chi connectivity index (χ0n) is 11.0. The van der Waals surface area contributed by atoms with Gasteiger partial charge in [-0.15, -0.1) is 0 Å². The van der Waals surface area contributed by atoms with E-state index < -0.39 is 0 Å². The van der Waals surface area contributed by atoms with Crippen LogP contribution >= 0.6 is 0 Å². The van der Waals surface area contributed by atoms with Gasteiger partial charge in [-0.25, -0.2) is 0 Å². The molecule has 2 aromatic rings. The second-order valence-electron chi connectivity index (χ2n) is 5.09. The summed E-state index contributed by atoms with van der Waals surface area (Å²) < 4.78 is 5.73. The van der Waals surface area contributed by atoms with E-state index in [-0.39, 0.29) is 6.04 Å². The van der Waals surface area contributed by atoms with Gasteiger partial charge >= 0.3 is 0 Å². The van der Waals surface area contributed by atoms with E-state index in [9.17, 15) is 0 Å². The van der Waals surface area contributed by atoms with Crippen LogP contribution in [0.1, 0.15) is 35.7 Å². The van der Waals surface area contributed by atoms with Gasteiger partial charge in [0, 0.05) is 11.9 Å². The first-order valence-corrected chi connectivity index (χ1v) is 6.67. The van der Waals surface area contributed by atoms with Crippen molar-refractivity contribution in [1.29, 1.82) is 0 Å². The summed E-state index contributed by atoms with van der Waals surface area (Å²) in [7, 11) is 0. The predicted octanol–water partition coefficient (Wildman–Crippen LogP) is 2.98. The Morgan fingerprint density at radius 2 is 1.89 bits per heavy atom. The number of pyridine rings is 1. The average molecular weight is 254 g/mol. The molecule has 0 saturated heterocycles. The van der Waals surface area contributed by atoms with Crippen molar-refractivity contribution in [3.8, 4) is 5.75 Å². The molecule has 19 heavy (non-hydrogen) atoms. The topological polar surface area (TPSA) is 48.1 Å². The van der Waals surface area contributed by atoms with Crippen LogP contribution < -0.4 is 10.5 Å². The summed E-state index contributed by atoms with van der Waals surface area (Å²) in [6.07, 6.45) is 4.59. The first-order valence-electron chi connectivity index (χ1n) is 6.67. The van der Waals surface area contributed by atoms with Gasteiger partial charge in [-0.05, 0) is 55.2 Å². The molecule has 1 heterocycles. The molecule has 0 bridgehead atoms. The molecule has 1 unspecified atom stereocenters. The quantitative estimate of drug-likeness (QED) is 0.912.